The summed E-state index contributed by atoms with van der Waals surface area (Å²) in [7, 11) is 0. The lowest BCUT2D eigenvalue weighted by Gasteiger charge is -2.47. The predicted octanol–water partition coefficient (Wildman–Crippen LogP) is 4.40. The molecule has 0 radical (unpaired) electrons. The van der Waals surface area contributed by atoms with Gasteiger partial charge in [-0.2, -0.15) is 4.98 Å². The van der Waals surface area contributed by atoms with Crippen LogP contribution in [0.5, 0.6) is 0 Å². The summed E-state index contributed by atoms with van der Waals surface area (Å²) in [6.45, 7) is 4.36. The number of benzene rings is 1. The van der Waals surface area contributed by atoms with Crippen LogP contribution >= 0.6 is 11.8 Å². The van der Waals surface area contributed by atoms with E-state index < -0.39 is 0 Å². The second-order valence-electron chi connectivity index (χ2n) is 5.65. The third kappa shape index (κ3) is 2.72. The van der Waals surface area contributed by atoms with Crippen LogP contribution in [0, 0.1) is 5.21 Å². The molecule has 0 aliphatic carbocycles. The molecule has 1 aliphatic heterocycles. The number of imidazole rings is 1. The molecule has 1 saturated heterocycles. The maximum Gasteiger partial charge on any atom is 0.307 e. The van der Waals surface area contributed by atoms with Crippen molar-refractivity contribution in [2.24, 2.45) is 0 Å². The molecule has 0 bridgehead atoms. The van der Waals surface area contributed by atoms with Crippen molar-refractivity contribution in [3.8, 4) is 11.3 Å². The first-order chi connectivity index (χ1) is 10.7. The standard InChI is InChI=1S/C17H21N3OS/c1-3-13-7-9-14(10-8-13)15-12-18-17(19-15)20(21)11-5-4-6-16(20)22-2/h3,7-10,12,16H,1,4-6,11H2,2H3,(H,18,19). The van der Waals surface area contributed by atoms with Gasteiger partial charge >= 0.3 is 5.95 Å². The number of aromatic amines is 1. The Morgan fingerprint density at radius 2 is 2.14 bits per heavy atom. The van der Waals surface area contributed by atoms with Gasteiger partial charge < -0.3 is 5.21 Å². The van der Waals surface area contributed by atoms with Crippen LogP contribution in [-0.4, -0.2) is 28.1 Å². The number of hydroxylamine groups is 2. The number of rotatable bonds is 4. The Morgan fingerprint density at radius 1 is 1.36 bits per heavy atom. The Labute approximate surface area is 135 Å². The summed E-state index contributed by atoms with van der Waals surface area (Å²) in [4.78, 5) is 7.65. The zero-order chi connectivity index (χ0) is 15.6. The summed E-state index contributed by atoms with van der Waals surface area (Å²) in [5.41, 5.74) is 3.01. The first kappa shape index (κ1) is 15.3. The zero-order valence-corrected chi connectivity index (χ0v) is 13.6. The van der Waals surface area contributed by atoms with Crippen LogP contribution in [0.15, 0.2) is 37.0 Å². The van der Waals surface area contributed by atoms with Crippen LogP contribution in [0.1, 0.15) is 24.8 Å². The third-order valence-electron chi connectivity index (χ3n) is 4.31. The largest absolute Gasteiger partial charge is 0.624 e. The van der Waals surface area contributed by atoms with Gasteiger partial charge in [0.25, 0.3) is 0 Å². The number of nitrogens with zero attached hydrogens (tertiary/aromatic N) is 2. The molecule has 2 unspecified atom stereocenters. The molecule has 2 atom stereocenters. The summed E-state index contributed by atoms with van der Waals surface area (Å²) in [5.74, 6) is 0.529. The highest BCUT2D eigenvalue weighted by Crippen LogP contribution is 2.35. The van der Waals surface area contributed by atoms with Crippen molar-refractivity contribution >= 4 is 23.8 Å². The van der Waals surface area contributed by atoms with E-state index in [0.717, 1.165) is 36.1 Å². The monoisotopic (exact) mass is 315 g/mol. The molecule has 5 heteroatoms. The van der Waals surface area contributed by atoms with Crippen LogP contribution in [0.2, 0.25) is 0 Å². The van der Waals surface area contributed by atoms with Crippen molar-refractivity contribution in [1.82, 2.24) is 14.6 Å². The molecule has 2 heterocycles. The maximum absolute atomic E-state index is 13.2. The summed E-state index contributed by atoms with van der Waals surface area (Å²) in [6.07, 6.45) is 8.64. The van der Waals surface area contributed by atoms with E-state index in [1.165, 1.54) is 0 Å². The number of nitrogens with one attached hydrogen (secondary N) is 1. The molecule has 1 fully saturated rings. The number of hydrogen-bond acceptors (Lipinski definition) is 3. The lowest BCUT2D eigenvalue weighted by atomic mass is 10.1. The van der Waals surface area contributed by atoms with Gasteiger partial charge in [-0.3, -0.25) is 9.63 Å². The van der Waals surface area contributed by atoms with Crippen molar-refractivity contribution in [2.75, 3.05) is 12.8 Å². The second kappa shape index (κ2) is 6.28. The molecule has 1 aromatic carbocycles. The number of piperidine rings is 1. The topological polar surface area (TPSA) is 51.7 Å². The Morgan fingerprint density at radius 3 is 2.82 bits per heavy atom. The molecule has 1 aliphatic rings. The Hall–Kier alpha value is -1.56. The number of thioether (sulfide) groups is 1. The van der Waals surface area contributed by atoms with Crippen molar-refractivity contribution in [3.05, 3.63) is 47.8 Å². The van der Waals surface area contributed by atoms with Crippen LogP contribution in [0.25, 0.3) is 17.3 Å². The third-order valence-corrected chi connectivity index (χ3v) is 5.43. The molecule has 1 aromatic heterocycles. The minimum Gasteiger partial charge on any atom is -0.624 e. The lowest BCUT2D eigenvalue weighted by Crippen LogP contribution is -2.53. The molecule has 3 rings (SSSR count). The van der Waals surface area contributed by atoms with Crippen molar-refractivity contribution in [3.63, 3.8) is 0 Å². The zero-order valence-electron chi connectivity index (χ0n) is 12.8. The van der Waals surface area contributed by atoms with Gasteiger partial charge in [-0.25, -0.2) is 0 Å². The number of H-pyrrole nitrogens is 1. The normalized spacial score (nSPS) is 25.1. The predicted molar refractivity (Wildman–Crippen MR) is 95.3 cm³/mol. The molecule has 0 amide bonds. The van der Waals surface area contributed by atoms with Crippen molar-refractivity contribution in [1.29, 1.82) is 0 Å². The van der Waals surface area contributed by atoms with Gasteiger partial charge in [0.2, 0.25) is 0 Å². The van der Waals surface area contributed by atoms with Gasteiger partial charge in [0, 0.05) is 6.42 Å². The molecule has 22 heavy (non-hydrogen) atoms. The molecular weight excluding hydrogens is 294 g/mol. The van der Waals surface area contributed by atoms with E-state index in [9.17, 15) is 5.21 Å². The molecule has 1 N–H and O–H groups in total. The van der Waals surface area contributed by atoms with Gasteiger partial charge in [0.05, 0.1) is 18.4 Å². The molecule has 0 spiro atoms. The number of hydrogen-bond donors (Lipinski definition) is 1. The van der Waals surface area contributed by atoms with Crippen LogP contribution in [-0.2, 0) is 0 Å². The van der Waals surface area contributed by atoms with Gasteiger partial charge in [0.15, 0.2) is 0 Å². The average Bonchev–Trinajstić information content (AvgIpc) is 3.06. The van der Waals surface area contributed by atoms with Gasteiger partial charge in [-0.15, -0.1) is 11.8 Å². The minimum atomic E-state index is -0.341. The van der Waals surface area contributed by atoms with Crippen LogP contribution in [0.3, 0.4) is 0 Å². The summed E-state index contributed by atoms with van der Waals surface area (Å²) < 4.78 is -0.341. The van der Waals surface area contributed by atoms with E-state index in [-0.39, 0.29) is 10.0 Å². The summed E-state index contributed by atoms with van der Waals surface area (Å²) >= 11 is 1.65. The average molecular weight is 315 g/mol. The Bertz CT molecular complexity index is 652. The fourth-order valence-corrected chi connectivity index (χ4v) is 3.95. The van der Waals surface area contributed by atoms with E-state index >= 15 is 0 Å². The highest BCUT2D eigenvalue weighted by atomic mass is 32.2. The van der Waals surface area contributed by atoms with E-state index in [1.807, 2.05) is 36.6 Å². The lowest BCUT2D eigenvalue weighted by molar-refractivity contribution is 0.271. The Balaban J connectivity index is 1.90. The fourth-order valence-electron chi connectivity index (χ4n) is 3.00. The number of aromatic nitrogens is 2. The summed E-state index contributed by atoms with van der Waals surface area (Å²) in [6, 6.07) is 8.06. The second-order valence-corrected chi connectivity index (χ2v) is 6.67. The van der Waals surface area contributed by atoms with Crippen molar-refractivity contribution < 1.29 is 0 Å². The molecule has 116 valence electrons. The minimum absolute atomic E-state index is 0.0379. The van der Waals surface area contributed by atoms with E-state index in [0.29, 0.717) is 12.5 Å². The first-order valence-electron chi connectivity index (χ1n) is 7.57. The quantitative estimate of drug-likeness (QED) is 0.672. The van der Waals surface area contributed by atoms with E-state index in [1.54, 1.807) is 18.0 Å². The highest BCUT2D eigenvalue weighted by molar-refractivity contribution is 7.99. The molecule has 2 aromatic rings. The SMILES string of the molecule is C=Cc1ccc(-c2cnc([N+]3([O-])CCCCC3SC)[nH]2)cc1. The van der Waals surface area contributed by atoms with Crippen molar-refractivity contribution in [2.45, 2.75) is 24.6 Å². The van der Waals surface area contributed by atoms with E-state index in [2.05, 4.69) is 16.5 Å². The van der Waals surface area contributed by atoms with Gasteiger partial charge in [-0.1, -0.05) is 36.9 Å². The Kier molecular flexibility index (Phi) is 4.38. The summed E-state index contributed by atoms with van der Waals surface area (Å²) in [5, 5.41) is 13.3. The van der Waals surface area contributed by atoms with Crippen LogP contribution in [0.4, 0.5) is 5.95 Å². The first-order valence-corrected chi connectivity index (χ1v) is 8.86. The molecule has 0 saturated carbocycles. The molecular formula is C17H21N3OS. The van der Waals surface area contributed by atoms with E-state index in [4.69, 9.17) is 0 Å². The fraction of sp³-hybridized carbons (Fsp3) is 0.353. The maximum atomic E-state index is 13.2. The smallest absolute Gasteiger partial charge is 0.307 e. The van der Waals surface area contributed by atoms with Gasteiger partial charge in [0.1, 0.15) is 5.37 Å². The van der Waals surface area contributed by atoms with Crippen LogP contribution < -0.4 is 4.65 Å². The van der Waals surface area contributed by atoms with Gasteiger partial charge in [-0.05, 0) is 30.2 Å². The highest BCUT2D eigenvalue weighted by Gasteiger charge is 2.36. The number of quaternary nitrogens is 1. The molecule has 4 nitrogen and oxygen atoms in total.